The van der Waals surface area contributed by atoms with E-state index >= 15 is 0 Å². The van der Waals surface area contributed by atoms with Crippen LogP contribution in [0.5, 0.6) is 0 Å². The Kier molecular flexibility index (Phi) is 3.38. The van der Waals surface area contributed by atoms with Crippen LogP contribution in [-0.2, 0) is 0 Å². The van der Waals surface area contributed by atoms with Crippen molar-refractivity contribution in [2.75, 3.05) is 5.32 Å². The van der Waals surface area contributed by atoms with Gasteiger partial charge < -0.3 is 5.32 Å². The van der Waals surface area contributed by atoms with Gasteiger partial charge in [-0.25, -0.2) is 14.6 Å². The molecule has 1 N–H and O–H groups in total. The molecule has 0 aliphatic heterocycles. The fourth-order valence-electron chi connectivity index (χ4n) is 1.86. The van der Waals surface area contributed by atoms with Crippen molar-refractivity contribution >= 4 is 11.6 Å². The van der Waals surface area contributed by atoms with E-state index in [0.717, 1.165) is 0 Å². The number of anilines is 1. The molecule has 1 aromatic carbocycles. The summed E-state index contributed by atoms with van der Waals surface area (Å²) in [6.45, 7) is 0. The number of amides is 1. The molecule has 2 aromatic heterocycles. The van der Waals surface area contributed by atoms with Crippen LogP contribution < -0.4 is 5.32 Å². The summed E-state index contributed by atoms with van der Waals surface area (Å²) in [5.74, 6) is -1.39. The Morgan fingerprint density at radius 2 is 2.05 bits per heavy atom. The first-order valence-electron chi connectivity index (χ1n) is 6.11. The number of hydrogen-bond acceptors (Lipinski definition) is 4. The van der Waals surface area contributed by atoms with Crippen LogP contribution in [0.25, 0.3) is 5.69 Å². The highest BCUT2D eigenvalue weighted by Gasteiger charge is 2.14. The molecular formula is C14H10FN5O. The summed E-state index contributed by atoms with van der Waals surface area (Å²) in [5.41, 5.74) is 1.01. The van der Waals surface area contributed by atoms with E-state index in [9.17, 15) is 9.18 Å². The minimum absolute atomic E-state index is 0.120. The minimum atomic E-state index is -0.812. The van der Waals surface area contributed by atoms with Crippen molar-refractivity contribution in [1.82, 2.24) is 19.7 Å². The molecule has 0 bridgehead atoms. The van der Waals surface area contributed by atoms with Crippen molar-refractivity contribution in [2.24, 2.45) is 0 Å². The molecule has 0 atom stereocenters. The predicted molar refractivity (Wildman–Crippen MR) is 73.5 cm³/mol. The summed E-state index contributed by atoms with van der Waals surface area (Å²) in [7, 11) is 0. The van der Waals surface area contributed by atoms with Crippen LogP contribution in [0.4, 0.5) is 10.1 Å². The highest BCUT2D eigenvalue weighted by molar-refractivity contribution is 6.05. The fourth-order valence-corrected chi connectivity index (χ4v) is 1.86. The molecular weight excluding hydrogens is 273 g/mol. The Bertz CT molecular complexity index is 773. The second kappa shape index (κ2) is 5.49. The molecule has 7 heteroatoms. The van der Waals surface area contributed by atoms with Crippen LogP contribution in [0.15, 0.2) is 55.2 Å². The number of halogens is 1. The van der Waals surface area contributed by atoms with E-state index < -0.39 is 11.9 Å². The first-order chi connectivity index (χ1) is 10.3. The third kappa shape index (κ3) is 2.62. The van der Waals surface area contributed by atoms with Crippen molar-refractivity contribution < 1.29 is 9.18 Å². The van der Waals surface area contributed by atoms with E-state index in [1.807, 2.05) is 0 Å². The third-order valence-corrected chi connectivity index (χ3v) is 2.82. The van der Waals surface area contributed by atoms with Gasteiger partial charge in [0.1, 0.15) is 12.7 Å². The number of carbonyl (C=O) groups is 1. The molecule has 104 valence electrons. The van der Waals surface area contributed by atoms with Gasteiger partial charge in [-0.05, 0) is 24.3 Å². The quantitative estimate of drug-likeness (QED) is 0.747. The smallest absolute Gasteiger partial charge is 0.260 e. The van der Waals surface area contributed by atoms with Crippen LogP contribution in [0.2, 0.25) is 0 Å². The zero-order chi connectivity index (χ0) is 14.7. The van der Waals surface area contributed by atoms with E-state index in [2.05, 4.69) is 20.4 Å². The SMILES string of the molecule is O=C(Nc1ccccc1-n1cncn1)c1cccnc1F. The number of aromatic nitrogens is 4. The molecule has 2 heterocycles. The number of hydrogen-bond donors (Lipinski definition) is 1. The Balaban J connectivity index is 1.93. The van der Waals surface area contributed by atoms with Gasteiger partial charge in [0.25, 0.3) is 5.91 Å². The number of nitrogens with one attached hydrogen (secondary N) is 1. The Morgan fingerprint density at radius 3 is 2.81 bits per heavy atom. The number of benzene rings is 1. The molecule has 3 rings (SSSR count). The fraction of sp³-hybridized carbons (Fsp3) is 0. The lowest BCUT2D eigenvalue weighted by atomic mass is 10.2. The molecule has 3 aromatic rings. The van der Waals surface area contributed by atoms with Gasteiger partial charge in [-0.3, -0.25) is 4.79 Å². The summed E-state index contributed by atoms with van der Waals surface area (Å²) in [4.78, 5) is 19.4. The van der Waals surface area contributed by atoms with Crippen molar-refractivity contribution in [3.05, 3.63) is 66.8 Å². The topological polar surface area (TPSA) is 72.7 Å². The second-order valence-corrected chi connectivity index (χ2v) is 4.15. The molecule has 0 saturated heterocycles. The van der Waals surface area contributed by atoms with Gasteiger partial charge in [0.15, 0.2) is 0 Å². The number of nitrogens with zero attached hydrogens (tertiary/aromatic N) is 4. The van der Waals surface area contributed by atoms with Gasteiger partial charge in [-0.1, -0.05) is 12.1 Å². The molecule has 0 radical (unpaired) electrons. The molecule has 0 aliphatic carbocycles. The lowest BCUT2D eigenvalue weighted by Crippen LogP contribution is -2.16. The molecule has 0 spiro atoms. The zero-order valence-electron chi connectivity index (χ0n) is 10.8. The number of carbonyl (C=O) groups excluding carboxylic acids is 1. The second-order valence-electron chi connectivity index (χ2n) is 4.15. The van der Waals surface area contributed by atoms with E-state index in [-0.39, 0.29) is 5.56 Å². The lowest BCUT2D eigenvalue weighted by molar-refractivity contribution is 0.102. The molecule has 0 aliphatic rings. The summed E-state index contributed by atoms with van der Waals surface area (Å²) in [5, 5.41) is 6.66. The van der Waals surface area contributed by atoms with Crippen LogP contribution in [0, 0.1) is 5.95 Å². The minimum Gasteiger partial charge on any atom is -0.320 e. The Hall–Kier alpha value is -3.09. The Labute approximate surface area is 119 Å². The maximum atomic E-state index is 13.5. The van der Waals surface area contributed by atoms with Gasteiger partial charge in [0.05, 0.1) is 16.9 Å². The Morgan fingerprint density at radius 1 is 1.19 bits per heavy atom. The normalized spacial score (nSPS) is 10.3. The maximum absolute atomic E-state index is 13.5. The molecule has 0 saturated carbocycles. The molecule has 0 fully saturated rings. The largest absolute Gasteiger partial charge is 0.320 e. The van der Waals surface area contributed by atoms with Crippen molar-refractivity contribution in [2.45, 2.75) is 0 Å². The molecule has 0 unspecified atom stereocenters. The average Bonchev–Trinajstić information content (AvgIpc) is 3.02. The van der Waals surface area contributed by atoms with E-state index in [4.69, 9.17) is 0 Å². The van der Waals surface area contributed by atoms with Gasteiger partial charge in [-0.2, -0.15) is 9.49 Å². The number of pyridine rings is 1. The highest BCUT2D eigenvalue weighted by atomic mass is 19.1. The first-order valence-corrected chi connectivity index (χ1v) is 6.11. The summed E-state index contributed by atoms with van der Waals surface area (Å²) < 4.78 is 15.0. The standard InChI is InChI=1S/C14H10FN5O/c15-13-10(4-3-7-17-13)14(21)19-11-5-1-2-6-12(11)20-9-16-8-18-20/h1-9H,(H,19,21). The summed E-state index contributed by atoms with van der Waals surface area (Å²) in [6, 6.07) is 9.90. The van der Waals surface area contributed by atoms with Crippen LogP contribution >= 0.6 is 0 Å². The summed E-state index contributed by atoms with van der Waals surface area (Å²) >= 11 is 0. The lowest BCUT2D eigenvalue weighted by Gasteiger charge is -2.10. The highest BCUT2D eigenvalue weighted by Crippen LogP contribution is 2.19. The number of rotatable bonds is 3. The number of para-hydroxylation sites is 2. The van der Waals surface area contributed by atoms with Gasteiger partial charge in [0.2, 0.25) is 5.95 Å². The molecule has 21 heavy (non-hydrogen) atoms. The van der Waals surface area contributed by atoms with Crippen LogP contribution in [-0.4, -0.2) is 25.7 Å². The maximum Gasteiger partial charge on any atom is 0.260 e. The first kappa shape index (κ1) is 12.9. The van der Waals surface area contributed by atoms with Gasteiger partial charge in [0, 0.05) is 6.20 Å². The molecule has 6 nitrogen and oxygen atoms in total. The molecule has 1 amide bonds. The van der Waals surface area contributed by atoms with Gasteiger partial charge >= 0.3 is 0 Å². The average molecular weight is 283 g/mol. The van der Waals surface area contributed by atoms with Crippen molar-refractivity contribution in [1.29, 1.82) is 0 Å². The van der Waals surface area contributed by atoms with Gasteiger partial charge in [-0.15, -0.1) is 0 Å². The third-order valence-electron chi connectivity index (χ3n) is 2.82. The van der Waals surface area contributed by atoms with Crippen molar-refractivity contribution in [3.63, 3.8) is 0 Å². The zero-order valence-corrected chi connectivity index (χ0v) is 10.8. The van der Waals surface area contributed by atoms with Crippen LogP contribution in [0.3, 0.4) is 0 Å². The summed E-state index contributed by atoms with van der Waals surface area (Å²) in [6.07, 6.45) is 4.19. The van der Waals surface area contributed by atoms with E-state index in [0.29, 0.717) is 11.4 Å². The van der Waals surface area contributed by atoms with E-state index in [1.165, 1.54) is 35.7 Å². The van der Waals surface area contributed by atoms with E-state index in [1.54, 1.807) is 24.3 Å². The van der Waals surface area contributed by atoms with Crippen molar-refractivity contribution in [3.8, 4) is 5.69 Å². The van der Waals surface area contributed by atoms with Crippen LogP contribution in [0.1, 0.15) is 10.4 Å². The monoisotopic (exact) mass is 283 g/mol. The predicted octanol–water partition coefficient (Wildman–Crippen LogP) is 2.05.